The molecule has 2 rings (SSSR count). The molecule has 2 aromatic rings. The summed E-state index contributed by atoms with van der Waals surface area (Å²) in [7, 11) is 3.06. The van der Waals surface area contributed by atoms with Crippen LogP contribution in [0.4, 0.5) is 0 Å². The van der Waals surface area contributed by atoms with Crippen LogP contribution in [0, 0.1) is 0 Å². The van der Waals surface area contributed by atoms with Gasteiger partial charge in [-0.25, -0.2) is 0 Å². The molecule has 7 heteroatoms. The molecule has 0 atom stereocenters. The molecule has 2 aromatic carbocycles. The number of carbonyl (C=O) groups is 2. The zero-order valence-corrected chi connectivity index (χ0v) is 14.0. The Morgan fingerprint density at radius 3 is 2.33 bits per heavy atom. The van der Waals surface area contributed by atoms with Crippen molar-refractivity contribution in [3.63, 3.8) is 0 Å². The summed E-state index contributed by atoms with van der Waals surface area (Å²) in [6.07, 6.45) is 0.0290. The Kier molecular flexibility index (Phi) is 6.03. The first-order valence-electron chi connectivity index (χ1n) is 7.09. The number of methoxy groups -OCH3 is 2. The number of halogens is 1. The molecule has 0 spiro atoms. The van der Waals surface area contributed by atoms with E-state index >= 15 is 0 Å². The van der Waals surface area contributed by atoms with Gasteiger partial charge in [-0.1, -0.05) is 11.6 Å². The smallest absolute Gasteiger partial charge is 0.269 e. The minimum absolute atomic E-state index is 0.0290. The fourth-order valence-electron chi connectivity index (χ4n) is 2.04. The summed E-state index contributed by atoms with van der Waals surface area (Å²) < 4.78 is 10.4. The Balaban J connectivity index is 1.96. The van der Waals surface area contributed by atoms with Crippen LogP contribution in [-0.2, 0) is 11.2 Å². The summed E-state index contributed by atoms with van der Waals surface area (Å²) in [5.74, 6) is 0.361. The summed E-state index contributed by atoms with van der Waals surface area (Å²) in [5.41, 5.74) is 5.75. The van der Waals surface area contributed by atoms with Gasteiger partial charge in [-0.2, -0.15) is 0 Å². The minimum atomic E-state index is -0.433. The molecule has 0 aliphatic heterocycles. The first-order valence-corrected chi connectivity index (χ1v) is 7.47. The predicted octanol–water partition coefficient (Wildman–Crippen LogP) is 2.36. The molecule has 0 aromatic heterocycles. The summed E-state index contributed by atoms with van der Waals surface area (Å²) in [6, 6.07) is 11.5. The molecule has 24 heavy (non-hydrogen) atoms. The zero-order valence-electron chi connectivity index (χ0n) is 13.3. The zero-order chi connectivity index (χ0) is 17.5. The molecule has 0 radical (unpaired) electrons. The van der Waals surface area contributed by atoms with Gasteiger partial charge in [0.1, 0.15) is 11.5 Å². The van der Waals surface area contributed by atoms with Crippen molar-refractivity contribution >= 4 is 23.4 Å². The monoisotopic (exact) mass is 348 g/mol. The van der Waals surface area contributed by atoms with Crippen molar-refractivity contribution in [3.8, 4) is 11.5 Å². The van der Waals surface area contributed by atoms with Gasteiger partial charge in [0.25, 0.3) is 5.91 Å². The van der Waals surface area contributed by atoms with Gasteiger partial charge in [-0.3, -0.25) is 20.4 Å². The summed E-state index contributed by atoms with van der Waals surface area (Å²) >= 11 is 5.76. The van der Waals surface area contributed by atoms with E-state index in [0.29, 0.717) is 27.6 Å². The molecule has 0 heterocycles. The number of benzene rings is 2. The van der Waals surface area contributed by atoms with E-state index in [1.807, 2.05) is 0 Å². The van der Waals surface area contributed by atoms with Gasteiger partial charge >= 0.3 is 0 Å². The third kappa shape index (κ3) is 4.63. The van der Waals surface area contributed by atoms with Crippen molar-refractivity contribution in [2.45, 2.75) is 6.42 Å². The molecule has 0 fully saturated rings. The highest BCUT2D eigenvalue weighted by Crippen LogP contribution is 2.24. The SMILES string of the molecule is COc1ccc(OC)c(CC(=O)NNC(=O)c2ccc(Cl)cc2)c1. The molecule has 2 amide bonds. The highest BCUT2D eigenvalue weighted by atomic mass is 35.5. The molecule has 6 nitrogen and oxygen atoms in total. The Bertz CT molecular complexity index is 732. The maximum Gasteiger partial charge on any atom is 0.269 e. The summed E-state index contributed by atoms with van der Waals surface area (Å²) in [4.78, 5) is 23.9. The van der Waals surface area contributed by atoms with Crippen molar-refractivity contribution in [1.29, 1.82) is 0 Å². The molecule has 0 aliphatic rings. The molecule has 126 valence electrons. The number of hydrazine groups is 1. The van der Waals surface area contributed by atoms with Crippen LogP contribution in [0.1, 0.15) is 15.9 Å². The molecule has 0 aliphatic carbocycles. The number of ether oxygens (including phenoxy) is 2. The first-order chi connectivity index (χ1) is 11.5. The van der Waals surface area contributed by atoms with E-state index in [9.17, 15) is 9.59 Å². The second-order valence-corrected chi connectivity index (χ2v) is 5.30. The minimum Gasteiger partial charge on any atom is -0.497 e. The first kappa shape index (κ1) is 17.6. The average Bonchev–Trinajstić information content (AvgIpc) is 2.60. The van der Waals surface area contributed by atoms with Gasteiger partial charge in [-0.05, 0) is 42.5 Å². The van der Waals surface area contributed by atoms with E-state index in [1.165, 1.54) is 14.2 Å². The fourth-order valence-corrected chi connectivity index (χ4v) is 2.16. The summed E-state index contributed by atoms with van der Waals surface area (Å²) in [6.45, 7) is 0. The van der Waals surface area contributed by atoms with Gasteiger partial charge < -0.3 is 9.47 Å². The highest BCUT2D eigenvalue weighted by Gasteiger charge is 2.12. The van der Waals surface area contributed by atoms with Crippen LogP contribution in [0.5, 0.6) is 11.5 Å². The van der Waals surface area contributed by atoms with E-state index in [0.717, 1.165) is 0 Å². The lowest BCUT2D eigenvalue weighted by Crippen LogP contribution is -2.42. The molecular weight excluding hydrogens is 332 g/mol. The molecular formula is C17H17ClN2O4. The lowest BCUT2D eigenvalue weighted by Gasteiger charge is -2.11. The second-order valence-electron chi connectivity index (χ2n) is 4.86. The molecule has 0 bridgehead atoms. The lowest BCUT2D eigenvalue weighted by molar-refractivity contribution is -0.121. The van der Waals surface area contributed by atoms with Crippen LogP contribution in [0.2, 0.25) is 5.02 Å². The molecule has 0 saturated heterocycles. The quantitative estimate of drug-likeness (QED) is 0.813. The highest BCUT2D eigenvalue weighted by molar-refractivity contribution is 6.30. The van der Waals surface area contributed by atoms with Crippen LogP contribution in [0.25, 0.3) is 0 Å². The molecule has 0 saturated carbocycles. The number of hydrogen-bond acceptors (Lipinski definition) is 4. The van der Waals surface area contributed by atoms with Crippen LogP contribution in [-0.4, -0.2) is 26.0 Å². The van der Waals surface area contributed by atoms with Crippen molar-refractivity contribution in [2.75, 3.05) is 14.2 Å². The Morgan fingerprint density at radius 1 is 1.00 bits per heavy atom. The van der Waals surface area contributed by atoms with Crippen LogP contribution < -0.4 is 20.3 Å². The van der Waals surface area contributed by atoms with E-state index in [-0.39, 0.29) is 12.3 Å². The molecule has 0 unspecified atom stereocenters. The van der Waals surface area contributed by atoms with Crippen LogP contribution in [0.3, 0.4) is 0 Å². The number of rotatable bonds is 5. The van der Waals surface area contributed by atoms with Crippen molar-refractivity contribution in [2.24, 2.45) is 0 Å². The lowest BCUT2D eigenvalue weighted by atomic mass is 10.1. The van der Waals surface area contributed by atoms with E-state index in [4.69, 9.17) is 21.1 Å². The Labute approximate surface area is 144 Å². The van der Waals surface area contributed by atoms with Gasteiger partial charge in [0.2, 0.25) is 5.91 Å². The van der Waals surface area contributed by atoms with Gasteiger partial charge in [0, 0.05) is 16.1 Å². The van der Waals surface area contributed by atoms with Crippen molar-refractivity contribution in [1.82, 2.24) is 10.9 Å². The third-order valence-corrected chi connectivity index (χ3v) is 3.51. The topological polar surface area (TPSA) is 76.7 Å². The number of carbonyl (C=O) groups excluding carboxylic acids is 2. The van der Waals surface area contributed by atoms with Crippen molar-refractivity contribution < 1.29 is 19.1 Å². The van der Waals surface area contributed by atoms with Gasteiger partial charge in [0.05, 0.1) is 20.6 Å². The van der Waals surface area contributed by atoms with Crippen LogP contribution in [0.15, 0.2) is 42.5 Å². The largest absolute Gasteiger partial charge is 0.497 e. The number of nitrogens with one attached hydrogen (secondary N) is 2. The summed E-state index contributed by atoms with van der Waals surface area (Å²) in [5, 5.41) is 0.528. The van der Waals surface area contributed by atoms with Gasteiger partial charge in [-0.15, -0.1) is 0 Å². The second kappa shape index (κ2) is 8.21. The maximum atomic E-state index is 12.0. The normalized spacial score (nSPS) is 9.96. The van der Waals surface area contributed by atoms with Gasteiger partial charge in [0.15, 0.2) is 0 Å². The number of amides is 2. The maximum absolute atomic E-state index is 12.0. The van der Waals surface area contributed by atoms with E-state index < -0.39 is 5.91 Å². The Morgan fingerprint density at radius 2 is 1.71 bits per heavy atom. The third-order valence-electron chi connectivity index (χ3n) is 3.26. The Hall–Kier alpha value is -2.73. The predicted molar refractivity (Wildman–Crippen MR) is 90.3 cm³/mol. The van der Waals surface area contributed by atoms with Crippen molar-refractivity contribution in [3.05, 3.63) is 58.6 Å². The van der Waals surface area contributed by atoms with Crippen LogP contribution >= 0.6 is 11.6 Å². The average molecular weight is 349 g/mol. The number of hydrogen-bond donors (Lipinski definition) is 2. The fraction of sp³-hybridized carbons (Fsp3) is 0.176. The standard InChI is InChI=1S/C17H17ClN2O4/c1-23-14-7-8-15(24-2)12(9-14)10-16(21)19-20-17(22)11-3-5-13(18)6-4-11/h3-9H,10H2,1-2H3,(H,19,21)(H,20,22). The van der Waals surface area contributed by atoms with E-state index in [1.54, 1.807) is 42.5 Å². The molecule has 2 N–H and O–H groups in total. The van der Waals surface area contributed by atoms with E-state index in [2.05, 4.69) is 10.9 Å².